The third-order valence-corrected chi connectivity index (χ3v) is 1.99. The molecular formula is C8H16N2O2. The number of hydrogen-bond acceptors (Lipinski definition) is 3. The Bertz CT molecular complexity index is 162. The Kier molecular flexibility index (Phi) is 2.92. The summed E-state index contributed by atoms with van der Waals surface area (Å²) in [5.41, 5.74) is 0. The van der Waals surface area contributed by atoms with Crippen LogP contribution in [0.3, 0.4) is 0 Å². The largest absolute Gasteiger partial charge is 0.453 e. The summed E-state index contributed by atoms with van der Waals surface area (Å²) in [6.45, 7) is 5.59. The zero-order chi connectivity index (χ0) is 9.14. The molecule has 0 unspecified atom stereocenters. The maximum atomic E-state index is 11.1. The van der Waals surface area contributed by atoms with Crippen LogP contribution in [0.4, 0.5) is 4.79 Å². The molecule has 1 saturated heterocycles. The van der Waals surface area contributed by atoms with E-state index in [2.05, 4.69) is 23.9 Å². The molecule has 1 aliphatic heterocycles. The Labute approximate surface area is 72.9 Å². The summed E-state index contributed by atoms with van der Waals surface area (Å²) in [7, 11) is 1.42. The van der Waals surface area contributed by atoms with Crippen molar-refractivity contribution in [3.63, 3.8) is 0 Å². The summed E-state index contributed by atoms with van der Waals surface area (Å²) < 4.78 is 4.65. The van der Waals surface area contributed by atoms with Crippen LogP contribution in [0, 0.1) is 0 Å². The minimum absolute atomic E-state index is 0.227. The van der Waals surface area contributed by atoms with Crippen molar-refractivity contribution in [2.24, 2.45) is 0 Å². The van der Waals surface area contributed by atoms with Crippen molar-refractivity contribution in [3.05, 3.63) is 0 Å². The van der Waals surface area contributed by atoms with Gasteiger partial charge in [0.1, 0.15) is 0 Å². The number of nitrogens with one attached hydrogen (secondary N) is 1. The fourth-order valence-electron chi connectivity index (χ4n) is 1.60. The fraction of sp³-hybridized carbons (Fsp3) is 0.875. The van der Waals surface area contributed by atoms with Crippen molar-refractivity contribution in [1.82, 2.24) is 10.2 Å². The van der Waals surface area contributed by atoms with Gasteiger partial charge in [-0.2, -0.15) is 0 Å². The molecule has 1 N–H and O–H groups in total. The maximum Gasteiger partial charge on any atom is 0.409 e. The van der Waals surface area contributed by atoms with Gasteiger partial charge in [-0.05, 0) is 13.8 Å². The van der Waals surface area contributed by atoms with E-state index in [0.29, 0.717) is 12.1 Å². The van der Waals surface area contributed by atoms with Crippen LogP contribution < -0.4 is 5.32 Å². The van der Waals surface area contributed by atoms with Crippen molar-refractivity contribution >= 4 is 6.09 Å². The number of methoxy groups -OCH3 is 1. The molecule has 0 saturated carbocycles. The third-order valence-electron chi connectivity index (χ3n) is 1.99. The SMILES string of the molecule is COC(=O)N1C[C@H](C)N[C@@H](C)C1. The highest BCUT2D eigenvalue weighted by Gasteiger charge is 2.24. The second-order valence-electron chi connectivity index (χ2n) is 3.34. The zero-order valence-electron chi connectivity index (χ0n) is 7.83. The summed E-state index contributed by atoms with van der Waals surface area (Å²) in [6, 6.07) is 0.709. The molecule has 1 rings (SSSR count). The van der Waals surface area contributed by atoms with Gasteiger partial charge < -0.3 is 15.0 Å². The van der Waals surface area contributed by atoms with Gasteiger partial charge in [0, 0.05) is 25.2 Å². The Balaban J connectivity index is 2.49. The van der Waals surface area contributed by atoms with Gasteiger partial charge in [0.2, 0.25) is 0 Å². The summed E-state index contributed by atoms with van der Waals surface area (Å²) in [5, 5.41) is 3.34. The Morgan fingerprint density at radius 3 is 2.33 bits per heavy atom. The van der Waals surface area contributed by atoms with Gasteiger partial charge in [0.25, 0.3) is 0 Å². The van der Waals surface area contributed by atoms with Crippen LogP contribution in [-0.2, 0) is 4.74 Å². The van der Waals surface area contributed by atoms with Gasteiger partial charge in [0.15, 0.2) is 0 Å². The first-order chi connectivity index (χ1) is 5.63. The van der Waals surface area contributed by atoms with Crippen molar-refractivity contribution in [2.75, 3.05) is 20.2 Å². The lowest BCUT2D eigenvalue weighted by molar-refractivity contribution is 0.102. The fourth-order valence-corrected chi connectivity index (χ4v) is 1.60. The summed E-state index contributed by atoms with van der Waals surface area (Å²) in [6.07, 6.45) is -0.227. The normalized spacial score (nSPS) is 30.1. The molecule has 12 heavy (non-hydrogen) atoms. The maximum absolute atomic E-state index is 11.1. The van der Waals surface area contributed by atoms with Gasteiger partial charge >= 0.3 is 6.09 Å². The monoisotopic (exact) mass is 172 g/mol. The second-order valence-corrected chi connectivity index (χ2v) is 3.34. The van der Waals surface area contributed by atoms with Crippen LogP contribution >= 0.6 is 0 Å². The molecule has 0 bridgehead atoms. The van der Waals surface area contributed by atoms with E-state index >= 15 is 0 Å². The Morgan fingerprint density at radius 2 is 1.92 bits per heavy atom. The third kappa shape index (κ3) is 2.11. The van der Waals surface area contributed by atoms with E-state index in [0.717, 1.165) is 13.1 Å². The molecule has 0 aliphatic carbocycles. The highest BCUT2D eigenvalue weighted by Crippen LogP contribution is 2.04. The number of piperazine rings is 1. The van der Waals surface area contributed by atoms with Gasteiger partial charge in [-0.3, -0.25) is 0 Å². The molecule has 0 radical (unpaired) electrons. The van der Waals surface area contributed by atoms with Crippen LogP contribution in [0.1, 0.15) is 13.8 Å². The van der Waals surface area contributed by atoms with Gasteiger partial charge in [-0.15, -0.1) is 0 Å². The predicted molar refractivity (Wildman–Crippen MR) is 46.0 cm³/mol. The van der Waals surface area contributed by atoms with Crippen molar-refractivity contribution in [1.29, 1.82) is 0 Å². The van der Waals surface area contributed by atoms with Gasteiger partial charge in [-0.1, -0.05) is 0 Å². The number of amides is 1. The Hall–Kier alpha value is -0.770. The lowest BCUT2D eigenvalue weighted by Gasteiger charge is -2.34. The van der Waals surface area contributed by atoms with Gasteiger partial charge in [-0.25, -0.2) is 4.79 Å². The van der Waals surface area contributed by atoms with E-state index in [4.69, 9.17) is 0 Å². The number of hydrogen-bond donors (Lipinski definition) is 1. The minimum Gasteiger partial charge on any atom is -0.453 e. The van der Waals surface area contributed by atoms with Crippen molar-refractivity contribution in [3.8, 4) is 0 Å². The van der Waals surface area contributed by atoms with Crippen LogP contribution in [0.25, 0.3) is 0 Å². The number of carbonyl (C=O) groups is 1. The standard InChI is InChI=1S/C8H16N2O2/c1-6-4-10(8(11)12-3)5-7(2)9-6/h6-7,9H,4-5H2,1-3H3/t6-,7-/m0/s1. The van der Waals surface area contributed by atoms with E-state index in [1.807, 2.05) is 0 Å². The average Bonchev–Trinajstić information content (AvgIpc) is 2.01. The quantitative estimate of drug-likeness (QED) is 0.576. The molecule has 2 atom stereocenters. The first-order valence-electron chi connectivity index (χ1n) is 4.22. The molecule has 4 nitrogen and oxygen atoms in total. The second kappa shape index (κ2) is 3.76. The first kappa shape index (κ1) is 9.32. The van der Waals surface area contributed by atoms with E-state index in [1.165, 1.54) is 7.11 Å². The molecule has 0 aromatic heterocycles. The predicted octanol–water partition coefficient (Wildman–Crippen LogP) is 0.435. The van der Waals surface area contributed by atoms with Crippen LogP contribution in [-0.4, -0.2) is 43.3 Å². The summed E-state index contributed by atoms with van der Waals surface area (Å²) in [5.74, 6) is 0. The zero-order valence-corrected chi connectivity index (χ0v) is 7.83. The topological polar surface area (TPSA) is 41.6 Å². The molecule has 0 aromatic rings. The molecule has 1 fully saturated rings. The summed E-state index contributed by atoms with van der Waals surface area (Å²) >= 11 is 0. The van der Waals surface area contributed by atoms with E-state index < -0.39 is 0 Å². The molecule has 1 amide bonds. The highest BCUT2D eigenvalue weighted by atomic mass is 16.5. The number of rotatable bonds is 0. The van der Waals surface area contributed by atoms with E-state index in [-0.39, 0.29) is 6.09 Å². The minimum atomic E-state index is -0.227. The summed E-state index contributed by atoms with van der Waals surface area (Å²) in [4.78, 5) is 12.9. The van der Waals surface area contributed by atoms with Crippen LogP contribution in [0.15, 0.2) is 0 Å². The lowest BCUT2D eigenvalue weighted by Crippen LogP contribution is -2.55. The molecule has 70 valence electrons. The van der Waals surface area contributed by atoms with Gasteiger partial charge in [0.05, 0.1) is 7.11 Å². The number of carbonyl (C=O) groups excluding carboxylic acids is 1. The van der Waals surface area contributed by atoms with Crippen LogP contribution in [0.5, 0.6) is 0 Å². The van der Waals surface area contributed by atoms with E-state index in [1.54, 1.807) is 4.90 Å². The molecule has 0 aromatic carbocycles. The average molecular weight is 172 g/mol. The van der Waals surface area contributed by atoms with Crippen LogP contribution in [0.2, 0.25) is 0 Å². The Morgan fingerprint density at radius 1 is 1.42 bits per heavy atom. The number of nitrogens with zero attached hydrogens (tertiary/aromatic N) is 1. The molecular weight excluding hydrogens is 156 g/mol. The molecule has 4 heteroatoms. The first-order valence-corrected chi connectivity index (χ1v) is 4.22. The highest BCUT2D eigenvalue weighted by molar-refractivity contribution is 5.67. The van der Waals surface area contributed by atoms with E-state index in [9.17, 15) is 4.79 Å². The molecule has 1 aliphatic rings. The van der Waals surface area contributed by atoms with Crippen molar-refractivity contribution in [2.45, 2.75) is 25.9 Å². The molecule has 0 spiro atoms. The lowest BCUT2D eigenvalue weighted by atomic mass is 10.2. The number of ether oxygens (including phenoxy) is 1. The molecule has 1 heterocycles. The van der Waals surface area contributed by atoms with Crippen molar-refractivity contribution < 1.29 is 9.53 Å². The smallest absolute Gasteiger partial charge is 0.409 e.